The molecule has 1 amide bonds. The van der Waals surface area contributed by atoms with E-state index in [0.717, 1.165) is 8.66 Å². The standard InChI is InChI=1S/C12H10BrNO3S/c13-11-2-1-10(18-11)6-14-12(17)7-3-8(15)5-9(16)4-7/h1-5,15-16H,6H2,(H,14,17). The Morgan fingerprint density at radius 2 is 1.89 bits per heavy atom. The van der Waals surface area contributed by atoms with Crippen LogP contribution in [0.4, 0.5) is 0 Å². The Hall–Kier alpha value is -1.53. The van der Waals surface area contributed by atoms with E-state index in [2.05, 4.69) is 21.2 Å². The summed E-state index contributed by atoms with van der Waals surface area (Å²) in [5.41, 5.74) is 0.225. The van der Waals surface area contributed by atoms with Crippen LogP contribution in [0.5, 0.6) is 11.5 Å². The van der Waals surface area contributed by atoms with Crippen LogP contribution in [0.3, 0.4) is 0 Å². The molecule has 0 unspecified atom stereocenters. The molecule has 1 heterocycles. The number of hydrogen-bond acceptors (Lipinski definition) is 4. The number of thiophene rings is 1. The smallest absolute Gasteiger partial charge is 0.251 e. The zero-order valence-electron chi connectivity index (χ0n) is 9.18. The molecule has 0 aliphatic carbocycles. The second-order valence-electron chi connectivity index (χ2n) is 3.63. The van der Waals surface area contributed by atoms with Crippen molar-refractivity contribution in [1.82, 2.24) is 5.32 Å². The highest BCUT2D eigenvalue weighted by atomic mass is 79.9. The van der Waals surface area contributed by atoms with E-state index in [1.807, 2.05) is 12.1 Å². The van der Waals surface area contributed by atoms with Crippen LogP contribution in [-0.4, -0.2) is 16.1 Å². The average Bonchev–Trinajstić information content (AvgIpc) is 2.70. The van der Waals surface area contributed by atoms with Crippen LogP contribution in [0.15, 0.2) is 34.1 Å². The van der Waals surface area contributed by atoms with Crippen molar-refractivity contribution in [3.05, 3.63) is 44.6 Å². The number of amides is 1. The van der Waals surface area contributed by atoms with Gasteiger partial charge < -0.3 is 15.5 Å². The number of hydrogen-bond donors (Lipinski definition) is 3. The zero-order valence-corrected chi connectivity index (χ0v) is 11.6. The molecule has 0 fully saturated rings. The summed E-state index contributed by atoms with van der Waals surface area (Å²) in [6, 6.07) is 7.60. The lowest BCUT2D eigenvalue weighted by atomic mass is 10.2. The summed E-state index contributed by atoms with van der Waals surface area (Å²) < 4.78 is 1.00. The molecule has 2 aromatic rings. The summed E-state index contributed by atoms with van der Waals surface area (Å²) in [6.45, 7) is 0.408. The third-order valence-corrected chi connectivity index (χ3v) is 3.84. The van der Waals surface area contributed by atoms with Crippen molar-refractivity contribution in [3.63, 3.8) is 0 Å². The van der Waals surface area contributed by atoms with Crippen LogP contribution in [0.25, 0.3) is 0 Å². The highest BCUT2D eigenvalue weighted by molar-refractivity contribution is 9.11. The van der Waals surface area contributed by atoms with Crippen molar-refractivity contribution in [2.45, 2.75) is 6.54 Å². The fourth-order valence-corrected chi connectivity index (χ4v) is 2.87. The number of halogens is 1. The number of benzene rings is 1. The van der Waals surface area contributed by atoms with Gasteiger partial charge in [-0.05, 0) is 40.2 Å². The molecule has 0 aliphatic rings. The molecule has 6 heteroatoms. The minimum atomic E-state index is -0.342. The topological polar surface area (TPSA) is 69.6 Å². The van der Waals surface area contributed by atoms with E-state index in [1.165, 1.54) is 29.5 Å². The van der Waals surface area contributed by atoms with Crippen molar-refractivity contribution >= 4 is 33.2 Å². The summed E-state index contributed by atoms with van der Waals surface area (Å²) in [4.78, 5) is 12.8. The molecule has 18 heavy (non-hydrogen) atoms. The van der Waals surface area contributed by atoms with E-state index in [0.29, 0.717) is 6.54 Å². The van der Waals surface area contributed by atoms with Crippen molar-refractivity contribution in [2.75, 3.05) is 0 Å². The molecule has 0 radical (unpaired) electrons. The van der Waals surface area contributed by atoms with Gasteiger partial charge in [-0.3, -0.25) is 4.79 Å². The summed E-state index contributed by atoms with van der Waals surface area (Å²) in [5.74, 6) is -0.622. The zero-order chi connectivity index (χ0) is 13.1. The van der Waals surface area contributed by atoms with E-state index in [-0.39, 0.29) is 23.0 Å². The minimum absolute atomic E-state index is 0.140. The van der Waals surface area contributed by atoms with Gasteiger partial charge in [0.25, 0.3) is 5.91 Å². The second-order valence-corrected chi connectivity index (χ2v) is 6.17. The Labute approximate surface area is 116 Å². The lowest BCUT2D eigenvalue weighted by molar-refractivity contribution is 0.0950. The molecule has 3 N–H and O–H groups in total. The first kappa shape index (κ1) is 12.9. The molecule has 0 saturated heterocycles. The van der Waals surface area contributed by atoms with E-state index in [4.69, 9.17) is 0 Å². The fraction of sp³-hybridized carbons (Fsp3) is 0.0833. The summed E-state index contributed by atoms with van der Waals surface area (Å²) in [5, 5.41) is 21.3. The fourth-order valence-electron chi connectivity index (χ4n) is 1.44. The Bertz CT molecular complexity index is 562. The first-order valence-corrected chi connectivity index (χ1v) is 6.71. The maximum absolute atomic E-state index is 11.8. The molecular formula is C12H10BrNO3S. The van der Waals surface area contributed by atoms with Crippen molar-refractivity contribution in [1.29, 1.82) is 0 Å². The third-order valence-electron chi connectivity index (χ3n) is 2.22. The van der Waals surface area contributed by atoms with E-state index >= 15 is 0 Å². The number of aromatic hydroxyl groups is 2. The van der Waals surface area contributed by atoms with Gasteiger partial charge >= 0.3 is 0 Å². The Balaban J connectivity index is 2.03. The predicted octanol–water partition coefficient (Wildman–Crippen LogP) is 2.85. The molecule has 1 aromatic heterocycles. The van der Waals surface area contributed by atoms with Crippen LogP contribution in [-0.2, 0) is 6.54 Å². The van der Waals surface area contributed by atoms with E-state index in [9.17, 15) is 15.0 Å². The Morgan fingerprint density at radius 1 is 1.22 bits per heavy atom. The van der Waals surface area contributed by atoms with Crippen LogP contribution < -0.4 is 5.32 Å². The van der Waals surface area contributed by atoms with Gasteiger partial charge in [0.05, 0.1) is 10.3 Å². The van der Waals surface area contributed by atoms with Gasteiger partial charge in [-0.2, -0.15) is 0 Å². The number of nitrogens with one attached hydrogen (secondary N) is 1. The first-order chi connectivity index (χ1) is 8.54. The van der Waals surface area contributed by atoms with Crippen LogP contribution >= 0.6 is 27.3 Å². The Morgan fingerprint density at radius 3 is 2.44 bits per heavy atom. The summed E-state index contributed by atoms with van der Waals surface area (Å²) in [7, 11) is 0. The SMILES string of the molecule is O=C(NCc1ccc(Br)s1)c1cc(O)cc(O)c1. The van der Waals surface area contributed by atoms with Gasteiger partial charge in [0.15, 0.2) is 0 Å². The highest BCUT2D eigenvalue weighted by Crippen LogP contribution is 2.22. The number of phenols is 2. The quantitative estimate of drug-likeness (QED) is 0.811. The average molecular weight is 328 g/mol. The molecule has 0 atom stereocenters. The van der Waals surface area contributed by atoms with Crippen molar-refractivity contribution in [2.24, 2.45) is 0 Å². The molecule has 0 saturated carbocycles. The first-order valence-electron chi connectivity index (χ1n) is 5.10. The van der Waals surface area contributed by atoms with Gasteiger partial charge in [-0.15, -0.1) is 11.3 Å². The second kappa shape index (κ2) is 5.41. The molecule has 4 nitrogen and oxygen atoms in total. The molecule has 0 aliphatic heterocycles. The van der Waals surface area contributed by atoms with Gasteiger partial charge in [-0.25, -0.2) is 0 Å². The molecule has 1 aromatic carbocycles. The third kappa shape index (κ3) is 3.24. The van der Waals surface area contributed by atoms with Gasteiger partial charge in [0.1, 0.15) is 11.5 Å². The molecule has 0 bridgehead atoms. The predicted molar refractivity (Wildman–Crippen MR) is 73.0 cm³/mol. The van der Waals surface area contributed by atoms with E-state index < -0.39 is 0 Å². The van der Waals surface area contributed by atoms with Crippen molar-refractivity contribution in [3.8, 4) is 11.5 Å². The number of phenolic OH excluding ortho intramolecular Hbond substituents is 2. The lowest BCUT2D eigenvalue weighted by Crippen LogP contribution is -2.22. The monoisotopic (exact) mass is 327 g/mol. The maximum atomic E-state index is 11.8. The highest BCUT2D eigenvalue weighted by Gasteiger charge is 2.08. The van der Waals surface area contributed by atoms with Gasteiger partial charge in [-0.1, -0.05) is 0 Å². The molecule has 2 rings (SSSR count). The lowest BCUT2D eigenvalue weighted by Gasteiger charge is -2.05. The number of carbonyl (C=O) groups excluding carboxylic acids is 1. The molecular weight excluding hydrogens is 318 g/mol. The van der Waals surface area contributed by atoms with Crippen molar-refractivity contribution < 1.29 is 15.0 Å². The Kier molecular flexibility index (Phi) is 3.88. The number of carbonyl (C=O) groups is 1. The summed E-state index contributed by atoms with van der Waals surface area (Å²) in [6.07, 6.45) is 0. The maximum Gasteiger partial charge on any atom is 0.251 e. The summed E-state index contributed by atoms with van der Waals surface area (Å²) >= 11 is 4.88. The van der Waals surface area contributed by atoms with Crippen LogP contribution in [0.1, 0.15) is 15.2 Å². The minimum Gasteiger partial charge on any atom is -0.508 e. The largest absolute Gasteiger partial charge is 0.508 e. The van der Waals surface area contributed by atoms with Gasteiger partial charge in [0.2, 0.25) is 0 Å². The molecule has 94 valence electrons. The van der Waals surface area contributed by atoms with Gasteiger partial charge in [0, 0.05) is 16.5 Å². The van der Waals surface area contributed by atoms with E-state index in [1.54, 1.807) is 0 Å². The van der Waals surface area contributed by atoms with Crippen LogP contribution in [0.2, 0.25) is 0 Å². The van der Waals surface area contributed by atoms with Crippen LogP contribution in [0, 0.1) is 0 Å². The molecule has 0 spiro atoms. The number of rotatable bonds is 3. The normalized spacial score (nSPS) is 10.3.